The van der Waals surface area contributed by atoms with Gasteiger partial charge in [-0.2, -0.15) is 0 Å². The van der Waals surface area contributed by atoms with E-state index < -0.39 is 10.0 Å². The minimum Gasteiger partial charge on any atom is -0.309 e. The molecule has 1 aromatic carbocycles. The minimum atomic E-state index is -3.38. The summed E-state index contributed by atoms with van der Waals surface area (Å²) in [4.78, 5) is 0.390. The first-order valence-corrected chi connectivity index (χ1v) is 8.39. The third kappa shape index (κ3) is 2.55. The van der Waals surface area contributed by atoms with Gasteiger partial charge in [0.1, 0.15) is 0 Å². The molecule has 1 aliphatic heterocycles. The maximum Gasteiger partial charge on any atom is 0.240 e. The molecule has 19 heavy (non-hydrogen) atoms. The largest absolute Gasteiger partial charge is 0.309 e. The van der Waals surface area contributed by atoms with Gasteiger partial charge in [-0.25, -0.2) is 13.1 Å². The van der Waals surface area contributed by atoms with E-state index in [0.717, 1.165) is 31.5 Å². The molecule has 0 spiro atoms. The molecular weight excluding hydrogens is 260 g/mol. The van der Waals surface area contributed by atoms with E-state index >= 15 is 0 Å². The molecule has 0 radical (unpaired) electrons. The van der Waals surface area contributed by atoms with E-state index in [0.29, 0.717) is 10.8 Å². The zero-order chi connectivity index (χ0) is 13.5. The summed E-state index contributed by atoms with van der Waals surface area (Å²) in [5.41, 5.74) is 2.30. The van der Waals surface area contributed by atoms with Crippen molar-refractivity contribution >= 4 is 10.0 Å². The summed E-state index contributed by atoms with van der Waals surface area (Å²) in [5, 5.41) is 3.23. The molecule has 104 valence electrons. The van der Waals surface area contributed by atoms with E-state index in [1.54, 1.807) is 12.1 Å². The summed E-state index contributed by atoms with van der Waals surface area (Å²) in [7, 11) is -3.38. The highest BCUT2D eigenvalue weighted by Crippen LogP contribution is 2.30. The molecule has 4 nitrogen and oxygen atoms in total. The topological polar surface area (TPSA) is 58.2 Å². The lowest BCUT2D eigenvalue weighted by molar-refractivity contribution is 0.260. The molecule has 2 aliphatic rings. The van der Waals surface area contributed by atoms with E-state index in [4.69, 9.17) is 0 Å². The van der Waals surface area contributed by atoms with Crippen LogP contribution >= 0.6 is 0 Å². The fourth-order valence-corrected chi connectivity index (χ4v) is 4.15. The summed E-state index contributed by atoms with van der Waals surface area (Å²) in [6.07, 6.45) is 3.50. The van der Waals surface area contributed by atoms with Crippen LogP contribution in [0.3, 0.4) is 0 Å². The van der Waals surface area contributed by atoms with Crippen LogP contribution in [0.4, 0.5) is 0 Å². The van der Waals surface area contributed by atoms with Gasteiger partial charge in [-0.05, 0) is 48.9 Å². The number of benzene rings is 1. The van der Waals surface area contributed by atoms with Crippen molar-refractivity contribution in [2.24, 2.45) is 5.92 Å². The van der Waals surface area contributed by atoms with Gasteiger partial charge >= 0.3 is 0 Å². The minimum absolute atomic E-state index is 0.0325. The smallest absolute Gasteiger partial charge is 0.240 e. The lowest BCUT2D eigenvalue weighted by Crippen LogP contribution is -2.40. The number of hydrogen-bond acceptors (Lipinski definition) is 3. The van der Waals surface area contributed by atoms with Crippen LogP contribution in [-0.4, -0.2) is 14.5 Å². The van der Waals surface area contributed by atoms with Crippen molar-refractivity contribution < 1.29 is 8.42 Å². The number of rotatable bonds is 4. The predicted octanol–water partition coefficient (Wildman–Crippen LogP) is 1.76. The Bertz CT molecular complexity index is 579. The summed E-state index contributed by atoms with van der Waals surface area (Å²) < 4.78 is 27.5. The van der Waals surface area contributed by atoms with Gasteiger partial charge in [0.05, 0.1) is 4.90 Å². The second-order valence-corrected chi connectivity index (χ2v) is 7.35. The zero-order valence-corrected chi connectivity index (χ0v) is 12.0. The Morgan fingerprint density at radius 1 is 1.26 bits per heavy atom. The third-order valence-corrected chi connectivity index (χ3v) is 5.87. The van der Waals surface area contributed by atoms with Crippen molar-refractivity contribution in [3.8, 4) is 0 Å². The first kappa shape index (κ1) is 13.1. The predicted molar refractivity (Wildman–Crippen MR) is 74.1 cm³/mol. The third-order valence-electron chi connectivity index (χ3n) is 4.32. The Balaban J connectivity index is 1.79. The van der Waals surface area contributed by atoms with E-state index in [1.807, 2.05) is 13.0 Å². The molecule has 3 rings (SSSR count). The van der Waals surface area contributed by atoms with Crippen molar-refractivity contribution in [1.82, 2.24) is 10.0 Å². The van der Waals surface area contributed by atoms with Gasteiger partial charge in [0.2, 0.25) is 10.0 Å². The zero-order valence-electron chi connectivity index (χ0n) is 11.1. The molecule has 0 saturated heterocycles. The molecule has 1 saturated carbocycles. The lowest BCUT2D eigenvalue weighted by atomic mass is 9.81. The second kappa shape index (κ2) is 4.89. The molecule has 5 heteroatoms. The Morgan fingerprint density at radius 3 is 2.68 bits per heavy atom. The fourth-order valence-electron chi connectivity index (χ4n) is 2.79. The van der Waals surface area contributed by atoms with Crippen LogP contribution in [-0.2, 0) is 23.1 Å². The molecule has 1 aliphatic carbocycles. The first-order valence-electron chi connectivity index (χ1n) is 6.91. The SMILES string of the molecule is CC(NS(=O)(=O)c1ccc2c(c1)CNC2)C1CCC1. The average molecular weight is 280 g/mol. The maximum absolute atomic E-state index is 12.4. The van der Waals surface area contributed by atoms with E-state index in [2.05, 4.69) is 10.0 Å². The molecule has 1 unspecified atom stereocenters. The number of nitrogens with one attached hydrogen (secondary N) is 2. The highest BCUT2D eigenvalue weighted by atomic mass is 32.2. The highest BCUT2D eigenvalue weighted by Gasteiger charge is 2.28. The summed E-state index contributed by atoms with van der Waals surface area (Å²) in [5.74, 6) is 0.505. The van der Waals surface area contributed by atoms with Crippen LogP contribution < -0.4 is 10.0 Å². The summed E-state index contributed by atoms with van der Waals surface area (Å²) in [6.45, 7) is 3.56. The summed E-state index contributed by atoms with van der Waals surface area (Å²) in [6, 6.07) is 5.45. The van der Waals surface area contributed by atoms with E-state index in [9.17, 15) is 8.42 Å². The molecular formula is C14H20N2O2S. The fraction of sp³-hybridized carbons (Fsp3) is 0.571. The maximum atomic E-state index is 12.4. The molecule has 1 heterocycles. The highest BCUT2D eigenvalue weighted by molar-refractivity contribution is 7.89. The van der Waals surface area contributed by atoms with Crippen molar-refractivity contribution in [2.45, 2.75) is 50.2 Å². The van der Waals surface area contributed by atoms with Gasteiger partial charge in [-0.15, -0.1) is 0 Å². The Kier molecular flexibility index (Phi) is 3.37. The lowest BCUT2D eigenvalue weighted by Gasteiger charge is -2.31. The average Bonchev–Trinajstić information content (AvgIpc) is 2.72. The van der Waals surface area contributed by atoms with Crippen LogP contribution in [0.25, 0.3) is 0 Å². The molecule has 0 aromatic heterocycles. The monoisotopic (exact) mass is 280 g/mol. The van der Waals surface area contributed by atoms with E-state index in [1.165, 1.54) is 12.0 Å². The first-order chi connectivity index (χ1) is 9.06. The van der Waals surface area contributed by atoms with E-state index in [-0.39, 0.29) is 6.04 Å². The Labute approximate surface area is 114 Å². The second-order valence-electron chi connectivity index (χ2n) is 5.64. The molecule has 1 fully saturated rings. The quantitative estimate of drug-likeness (QED) is 0.883. The Hall–Kier alpha value is -0.910. The molecule has 0 bridgehead atoms. The van der Waals surface area contributed by atoms with Crippen LogP contribution in [0.15, 0.2) is 23.1 Å². The Morgan fingerprint density at radius 2 is 2.00 bits per heavy atom. The van der Waals surface area contributed by atoms with Gasteiger partial charge in [0, 0.05) is 19.1 Å². The van der Waals surface area contributed by atoms with Gasteiger partial charge in [-0.3, -0.25) is 0 Å². The normalized spacial score (nSPS) is 20.9. The van der Waals surface area contributed by atoms with Crippen LogP contribution in [0.2, 0.25) is 0 Å². The van der Waals surface area contributed by atoms with Crippen molar-refractivity contribution in [1.29, 1.82) is 0 Å². The number of hydrogen-bond donors (Lipinski definition) is 2. The van der Waals surface area contributed by atoms with Crippen LogP contribution in [0, 0.1) is 5.92 Å². The number of fused-ring (bicyclic) bond motifs is 1. The molecule has 1 aromatic rings. The van der Waals surface area contributed by atoms with Crippen LogP contribution in [0.5, 0.6) is 0 Å². The van der Waals surface area contributed by atoms with Crippen molar-refractivity contribution in [3.05, 3.63) is 29.3 Å². The molecule has 2 N–H and O–H groups in total. The van der Waals surface area contributed by atoms with Gasteiger partial charge < -0.3 is 5.32 Å². The van der Waals surface area contributed by atoms with Gasteiger partial charge in [0.25, 0.3) is 0 Å². The summed E-state index contributed by atoms with van der Waals surface area (Å²) >= 11 is 0. The van der Waals surface area contributed by atoms with Crippen molar-refractivity contribution in [2.75, 3.05) is 0 Å². The van der Waals surface area contributed by atoms with Gasteiger partial charge in [-0.1, -0.05) is 12.5 Å². The van der Waals surface area contributed by atoms with Crippen LogP contribution in [0.1, 0.15) is 37.3 Å². The molecule has 0 amide bonds. The number of sulfonamides is 1. The molecule has 1 atom stereocenters. The standard InChI is InChI=1S/C14H20N2O2S/c1-10(11-3-2-4-11)16-19(17,18)14-6-5-12-8-15-9-13(12)7-14/h5-7,10-11,15-16H,2-4,8-9H2,1H3. The van der Waals surface area contributed by atoms with Crippen molar-refractivity contribution in [3.63, 3.8) is 0 Å². The van der Waals surface area contributed by atoms with Gasteiger partial charge in [0.15, 0.2) is 0 Å².